The molecular formula is C5H14BNO. The van der Waals surface area contributed by atoms with Crippen molar-refractivity contribution in [3.8, 4) is 0 Å². The summed E-state index contributed by atoms with van der Waals surface area (Å²) in [5.74, 6) is 0.398. The summed E-state index contributed by atoms with van der Waals surface area (Å²) in [5, 5.41) is 11.7. The molecule has 0 spiro atoms. The standard InChI is InChI=1S/C5H14BNO/c1-5(3-8)2-7-4-6/h5,7-8H,2-4,6H2,1H3. The lowest BCUT2D eigenvalue weighted by Crippen LogP contribution is -2.23. The van der Waals surface area contributed by atoms with Gasteiger partial charge in [0.2, 0.25) is 0 Å². The van der Waals surface area contributed by atoms with E-state index in [4.69, 9.17) is 5.11 Å². The third kappa shape index (κ3) is 4.15. The van der Waals surface area contributed by atoms with Crippen LogP contribution >= 0.6 is 0 Å². The molecule has 0 aromatic rings. The fourth-order valence-corrected chi connectivity index (χ4v) is 0.455. The zero-order chi connectivity index (χ0) is 6.41. The molecule has 0 aromatic carbocycles. The molecule has 0 bridgehead atoms. The maximum absolute atomic E-state index is 8.52. The van der Waals surface area contributed by atoms with Crippen molar-refractivity contribution in [3.63, 3.8) is 0 Å². The van der Waals surface area contributed by atoms with Crippen LogP contribution in [-0.2, 0) is 0 Å². The van der Waals surface area contributed by atoms with Gasteiger partial charge in [-0.2, -0.15) is 0 Å². The van der Waals surface area contributed by atoms with Crippen LogP contribution in [0.2, 0.25) is 0 Å². The van der Waals surface area contributed by atoms with E-state index in [2.05, 4.69) is 13.2 Å². The first-order valence-corrected chi connectivity index (χ1v) is 3.12. The highest BCUT2D eigenvalue weighted by atomic mass is 16.3. The van der Waals surface area contributed by atoms with Gasteiger partial charge in [0.05, 0.1) is 0 Å². The van der Waals surface area contributed by atoms with Gasteiger partial charge in [0.15, 0.2) is 0 Å². The molecule has 0 aliphatic carbocycles. The van der Waals surface area contributed by atoms with Crippen molar-refractivity contribution < 1.29 is 5.11 Å². The maximum Gasteiger partial charge on any atom is 0.119 e. The zero-order valence-corrected chi connectivity index (χ0v) is 5.65. The van der Waals surface area contributed by atoms with Crippen molar-refractivity contribution in [2.24, 2.45) is 5.92 Å². The minimum Gasteiger partial charge on any atom is -0.396 e. The highest BCUT2D eigenvalue weighted by Crippen LogP contribution is 1.86. The van der Waals surface area contributed by atoms with Gasteiger partial charge >= 0.3 is 0 Å². The van der Waals surface area contributed by atoms with Crippen LogP contribution in [-0.4, -0.2) is 32.5 Å². The summed E-state index contributed by atoms with van der Waals surface area (Å²) < 4.78 is 0. The minimum atomic E-state index is 0.285. The highest BCUT2D eigenvalue weighted by molar-refractivity contribution is 6.08. The van der Waals surface area contributed by atoms with Gasteiger partial charge in [-0.05, 0) is 18.9 Å². The molecule has 0 saturated heterocycles. The summed E-state index contributed by atoms with van der Waals surface area (Å²) in [4.78, 5) is 0. The first kappa shape index (κ1) is 7.98. The third-order valence-electron chi connectivity index (χ3n) is 1.05. The van der Waals surface area contributed by atoms with E-state index in [1.807, 2.05) is 6.92 Å². The molecule has 1 atom stereocenters. The van der Waals surface area contributed by atoms with Crippen LogP contribution in [0.1, 0.15) is 6.92 Å². The van der Waals surface area contributed by atoms with Crippen molar-refractivity contribution in [1.29, 1.82) is 0 Å². The van der Waals surface area contributed by atoms with E-state index < -0.39 is 0 Å². The fraction of sp³-hybridized carbons (Fsp3) is 1.00. The summed E-state index contributed by atoms with van der Waals surface area (Å²) >= 11 is 0. The van der Waals surface area contributed by atoms with E-state index in [1.54, 1.807) is 0 Å². The van der Waals surface area contributed by atoms with Crippen LogP contribution in [0.4, 0.5) is 0 Å². The summed E-state index contributed by atoms with van der Waals surface area (Å²) in [7, 11) is 2.06. The Hall–Kier alpha value is -0.0151. The van der Waals surface area contributed by atoms with Crippen LogP contribution in [0.25, 0.3) is 0 Å². The van der Waals surface area contributed by atoms with E-state index in [1.165, 1.54) is 0 Å². The van der Waals surface area contributed by atoms with E-state index >= 15 is 0 Å². The molecular weight excluding hydrogens is 101 g/mol. The molecule has 0 aliphatic rings. The first-order chi connectivity index (χ1) is 3.81. The van der Waals surface area contributed by atoms with Gasteiger partial charge < -0.3 is 10.4 Å². The normalized spacial score (nSPS) is 13.8. The molecule has 0 fully saturated rings. The van der Waals surface area contributed by atoms with E-state index in [0.717, 1.165) is 13.0 Å². The number of nitrogens with one attached hydrogen (secondary N) is 1. The Labute approximate surface area is 51.7 Å². The van der Waals surface area contributed by atoms with E-state index in [0.29, 0.717) is 5.92 Å². The van der Waals surface area contributed by atoms with Crippen LogP contribution < -0.4 is 5.32 Å². The van der Waals surface area contributed by atoms with Crippen LogP contribution in [0.15, 0.2) is 0 Å². The predicted octanol–water partition coefficient (Wildman–Crippen LogP) is -1.20. The van der Waals surface area contributed by atoms with Gasteiger partial charge in [0.1, 0.15) is 7.85 Å². The molecule has 0 aliphatic heterocycles. The van der Waals surface area contributed by atoms with Gasteiger partial charge in [-0.1, -0.05) is 6.92 Å². The highest BCUT2D eigenvalue weighted by Gasteiger charge is 1.94. The molecule has 8 heavy (non-hydrogen) atoms. The fourth-order valence-electron chi connectivity index (χ4n) is 0.455. The Balaban J connectivity index is 2.86. The van der Waals surface area contributed by atoms with Crippen molar-refractivity contribution >= 4 is 7.85 Å². The number of hydrogen-bond donors (Lipinski definition) is 2. The third-order valence-corrected chi connectivity index (χ3v) is 1.05. The number of rotatable bonds is 4. The molecule has 2 N–H and O–H groups in total. The largest absolute Gasteiger partial charge is 0.396 e. The SMILES string of the molecule is BCNCC(C)CO. The molecule has 0 aromatic heterocycles. The molecule has 0 rings (SSSR count). The summed E-state index contributed by atoms with van der Waals surface area (Å²) in [6.45, 7) is 3.22. The van der Waals surface area contributed by atoms with Crippen molar-refractivity contribution in [3.05, 3.63) is 0 Å². The zero-order valence-electron chi connectivity index (χ0n) is 5.65. The van der Waals surface area contributed by atoms with Crippen LogP contribution in [0, 0.1) is 5.92 Å². The van der Waals surface area contributed by atoms with Crippen LogP contribution in [0.5, 0.6) is 0 Å². The molecule has 2 nitrogen and oxygen atoms in total. The Kier molecular flexibility index (Phi) is 5.12. The van der Waals surface area contributed by atoms with Gasteiger partial charge in [-0.15, -0.1) is 0 Å². The number of aliphatic hydroxyl groups is 1. The molecule has 0 radical (unpaired) electrons. The van der Waals surface area contributed by atoms with Gasteiger partial charge in [0, 0.05) is 6.61 Å². The molecule has 0 saturated carbocycles. The van der Waals surface area contributed by atoms with Crippen molar-refractivity contribution in [2.75, 3.05) is 19.6 Å². The Morgan fingerprint density at radius 1 is 1.75 bits per heavy atom. The lowest BCUT2D eigenvalue weighted by Gasteiger charge is -2.05. The summed E-state index contributed by atoms with van der Waals surface area (Å²) in [6.07, 6.45) is 0.990. The topological polar surface area (TPSA) is 32.3 Å². The molecule has 1 unspecified atom stereocenters. The van der Waals surface area contributed by atoms with E-state index in [9.17, 15) is 0 Å². The molecule has 0 amide bonds. The lowest BCUT2D eigenvalue weighted by molar-refractivity contribution is 0.235. The maximum atomic E-state index is 8.52. The van der Waals surface area contributed by atoms with E-state index in [-0.39, 0.29) is 6.61 Å². The van der Waals surface area contributed by atoms with Gasteiger partial charge in [-0.25, -0.2) is 0 Å². The van der Waals surface area contributed by atoms with Crippen molar-refractivity contribution in [2.45, 2.75) is 6.92 Å². The second kappa shape index (κ2) is 5.13. The molecule has 48 valence electrons. The average Bonchev–Trinajstić information content (AvgIpc) is 1.83. The number of hydrogen-bond acceptors (Lipinski definition) is 2. The summed E-state index contributed by atoms with van der Waals surface area (Å²) in [5.41, 5.74) is 0. The first-order valence-electron chi connectivity index (χ1n) is 3.12. The Morgan fingerprint density at radius 2 is 2.38 bits per heavy atom. The van der Waals surface area contributed by atoms with Crippen LogP contribution in [0.3, 0.4) is 0 Å². The summed E-state index contributed by atoms with van der Waals surface area (Å²) in [6, 6.07) is 0. The number of aliphatic hydroxyl groups excluding tert-OH is 1. The second-order valence-electron chi connectivity index (χ2n) is 2.10. The van der Waals surface area contributed by atoms with Gasteiger partial charge in [0.25, 0.3) is 0 Å². The second-order valence-corrected chi connectivity index (χ2v) is 2.10. The quantitative estimate of drug-likeness (QED) is 0.451. The Morgan fingerprint density at radius 3 is 2.75 bits per heavy atom. The minimum absolute atomic E-state index is 0.285. The molecule has 3 heteroatoms. The smallest absolute Gasteiger partial charge is 0.119 e. The lowest BCUT2D eigenvalue weighted by atomic mass is 10.1. The monoisotopic (exact) mass is 115 g/mol. The van der Waals surface area contributed by atoms with Crippen molar-refractivity contribution in [1.82, 2.24) is 5.32 Å². The average molecular weight is 115 g/mol. The Bertz CT molecular complexity index is 51.7. The van der Waals surface area contributed by atoms with Gasteiger partial charge in [-0.3, -0.25) is 0 Å². The predicted molar refractivity (Wildman–Crippen MR) is 37.7 cm³/mol. The molecule has 0 heterocycles.